The lowest BCUT2D eigenvalue weighted by Gasteiger charge is -2.21. The van der Waals surface area contributed by atoms with E-state index < -0.39 is 5.97 Å². The second-order valence-electron chi connectivity index (χ2n) is 6.01. The molecule has 8 heteroatoms. The Labute approximate surface area is 167 Å². The highest BCUT2D eigenvalue weighted by Gasteiger charge is 2.22. The van der Waals surface area contributed by atoms with Crippen LogP contribution in [0.3, 0.4) is 0 Å². The number of hydrogen-bond donors (Lipinski definition) is 1. The first-order chi connectivity index (χ1) is 13.6. The van der Waals surface area contributed by atoms with E-state index in [-0.39, 0.29) is 18.1 Å². The molecule has 1 amide bonds. The van der Waals surface area contributed by atoms with Crippen LogP contribution in [0.25, 0.3) is 0 Å². The molecule has 2 aromatic rings. The van der Waals surface area contributed by atoms with Gasteiger partial charge in [0, 0.05) is 11.6 Å². The highest BCUT2D eigenvalue weighted by molar-refractivity contribution is 6.30. The van der Waals surface area contributed by atoms with Crippen LogP contribution in [-0.4, -0.2) is 45.4 Å². The number of ether oxygens (including phenoxy) is 4. The lowest BCUT2D eigenvalue weighted by molar-refractivity contribution is -0.124. The molecule has 28 heavy (non-hydrogen) atoms. The molecule has 0 atom stereocenters. The fourth-order valence-electron chi connectivity index (χ4n) is 2.65. The molecule has 7 nitrogen and oxygen atoms in total. The van der Waals surface area contributed by atoms with Gasteiger partial charge in [0.15, 0.2) is 18.1 Å². The van der Waals surface area contributed by atoms with Crippen molar-refractivity contribution in [1.82, 2.24) is 5.32 Å². The van der Waals surface area contributed by atoms with Gasteiger partial charge in [-0.05, 0) is 36.2 Å². The Bertz CT molecular complexity index is 835. The zero-order valence-corrected chi connectivity index (χ0v) is 16.1. The summed E-state index contributed by atoms with van der Waals surface area (Å²) in [6.07, 6.45) is 0.649. The van der Waals surface area contributed by atoms with Crippen molar-refractivity contribution in [1.29, 1.82) is 0 Å². The molecule has 2 aromatic carbocycles. The third kappa shape index (κ3) is 5.07. The molecule has 1 heterocycles. The summed E-state index contributed by atoms with van der Waals surface area (Å²) in [5.74, 6) is 0.196. The molecule has 0 fully saturated rings. The van der Waals surface area contributed by atoms with E-state index in [1.807, 2.05) is 12.1 Å². The standard InChI is InChI=1S/C20H20ClNO6/c1-25-16-10-14(11-17-19(16)27-9-8-26-17)20(24)28-12-18(23)22-7-6-13-2-4-15(21)5-3-13/h2-5,10-11H,6-9,12H2,1H3,(H,22,23). The lowest BCUT2D eigenvalue weighted by atomic mass is 10.1. The molecule has 0 spiro atoms. The predicted molar refractivity (Wildman–Crippen MR) is 102 cm³/mol. The summed E-state index contributed by atoms with van der Waals surface area (Å²) in [7, 11) is 1.47. The van der Waals surface area contributed by atoms with Crippen molar-refractivity contribution >= 4 is 23.5 Å². The van der Waals surface area contributed by atoms with Gasteiger partial charge < -0.3 is 24.3 Å². The molecule has 0 aromatic heterocycles. The fourth-order valence-corrected chi connectivity index (χ4v) is 2.78. The number of benzene rings is 2. The number of halogens is 1. The Morgan fingerprint density at radius 1 is 1.14 bits per heavy atom. The van der Waals surface area contributed by atoms with Gasteiger partial charge in [0.2, 0.25) is 5.75 Å². The third-order valence-electron chi connectivity index (χ3n) is 4.05. The van der Waals surface area contributed by atoms with Crippen molar-refractivity contribution in [2.45, 2.75) is 6.42 Å². The largest absolute Gasteiger partial charge is 0.493 e. The third-order valence-corrected chi connectivity index (χ3v) is 4.30. The smallest absolute Gasteiger partial charge is 0.338 e. The molecule has 3 rings (SSSR count). The molecule has 1 N–H and O–H groups in total. The minimum Gasteiger partial charge on any atom is -0.493 e. The summed E-state index contributed by atoms with van der Waals surface area (Å²) in [5.41, 5.74) is 1.26. The average Bonchev–Trinajstić information content (AvgIpc) is 2.72. The number of hydrogen-bond acceptors (Lipinski definition) is 6. The van der Waals surface area contributed by atoms with E-state index in [4.69, 9.17) is 30.5 Å². The summed E-state index contributed by atoms with van der Waals surface area (Å²) in [6, 6.07) is 10.4. The van der Waals surface area contributed by atoms with Gasteiger partial charge in [-0.3, -0.25) is 4.79 Å². The van der Waals surface area contributed by atoms with Gasteiger partial charge >= 0.3 is 5.97 Å². The number of fused-ring (bicyclic) bond motifs is 1. The molecule has 1 aliphatic heterocycles. The zero-order chi connectivity index (χ0) is 19.9. The van der Waals surface area contributed by atoms with Crippen LogP contribution in [0.15, 0.2) is 36.4 Å². The first kappa shape index (κ1) is 19.8. The summed E-state index contributed by atoms with van der Waals surface area (Å²) in [5, 5.41) is 3.37. The van der Waals surface area contributed by atoms with E-state index in [9.17, 15) is 9.59 Å². The minimum absolute atomic E-state index is 0.218. The van der Waals surface area contributed by atoms with Crippen LogP contribution in [0.4, 0.5) is 0 Å². The predicted octanol–water partition coefficient (Wildman–Crippen LogP) is 2.64. The number of carbonyl (C=O) groups excluding carboxylic acids is 2. The molecule has 0 saturated heterocycles. The quantitative estimate of drug-likeness (QED) is 0.713. The van der Waals surface area contributed by atoms with E-state index in [2.05, 4.69) is 5.32 Å². The molecular formula is C20H20ClNO6. The highest BCUT2D eigenvalue weighted by Crippen LogP contribution is 2.40. The maximum absolute atomic E-state index is 12.3. The maximum atomic E-state index is 12.3. The number of amides is 1. The van der Waals surface area contributed by atoms with Gasteiger partial charge in [-0.15, -0.1) is 0 Å². The molecule has 1 aliphatic rings. The van der Waals surface area contributed by atoms with Gasteiger partial charge in [0.05, 0.1) is 12.7 Å². The maximum Gasteiger partial charge on any atom is 0.338 e. The Hall–Kier alpha value is -2.93. The van der Waals surface area contributed by atoms with Crippen molar-refractivity contribution in [2.24, 2.45) is 0 Å². The number of nitrogens with one attached hydrogen (secondary N) is 1. The number of esters is 1. The van der Waals surface area contributed by atoms with Gasteiger partial charge in [-0.25, -0.2) is 4.79 Å². The summed E-state index contributed by atoms with van der Waals surface area (Å²) in [4.78, 5) is 24.2. The fraction of sp³-hybridized carbons (Fsp3) is 0.300. The highest BCUT2D eigenvalue weighted by atomic mass is 35.5. The van der Waals surface area contributed by atoms with Crippen LogP contribution >= 0.6 is 11.6 Å². The topological polar surface area (TPSA) is 83.1 Å². The zero-order valence-electron chi connectivity index (χ0n) is 15.3. The SMILES string of the molecule is COc1cc(C(=O)OCC(=O)NCCc2ccc(Cl)cc2)cc2c1OCCO2. The lowest BCUT2D eigenvalue weighted by Crippen LogP contribution is -2.30. The second kappa shape index (κ2) is 9.32. The van der Waals surface area contributed by atoms with Crippen molar-refractivity contribution in [3.8, 4) is 17.2 Å². The Morgan fingerprint density at radius 3 is 2.64 bits per heavy atom. The van der Waals surface area contributed by atoms with Crippen molar-refractivity contribution in [2.75, 3.05) is 33.5 Å². The van der Waals surface area contributed by atoms with E-state index >= 15 is 0 Å². The minimum atomic E-state index is -0.650. The normalized spacial score (nSPS) is 12.2. The molecule has 0 unspecified atom stereocenters. The van der Waals surface area contributed by atoms with Crippen LogP contribution in [0.5, 0.6) is 17.2 Å². The van der Waals surface area contributed by atoms with E-state index in [1.54, 1.807) is 12.1 Å². The Balaban J connectivity index is 1.49. The number of carbonyl (C=O) groups is 2. The number of methoxy groups -OCH3 is 1. The average molecular weight is 406 g/mol. The number of rotatable bonds is 7. The van der Waals surface area contributed by atoms with E-state index in [1.165, 1.54) is 19.2 Å². The van der Waals surface area contributed by atoms with Crippen molar-refractivity contribution in [3.63, 3.8) is 0 Å². The molecule has 0 saturated carbocycles. The Morgan fingerprint density at radius 2 is 1.89 bits per heavy atom. The van der Waals surface area contributed by atoms with Crippen LogP contribution < -0.4 is 19.5 Å². The molecule has 0 bridgehead atoms. The second-order valence-corrected chi connectivity index (χ2v) is 6.44. The summed E-state index contributed by atoms with van der Waals surface area (Å²) >= 11 is 5.83. The van der Waals surface area contributed by atoms with Crippen LogP contribution in [0.2, 0.25) is 5.02 Å². The Kier molecular flexibility index (Phi) is 6.60. The van der Waals surface area contributed by atoms with Crippen LogP contribution in [0, 0.1) is 0 Å². The summed E-state index contributed by atoms with van der Waals surface area (Å²) < 4.78 is 21.3. The molecule has 0 radical (unpaired) electrons. The first-order valence-corrected chi connectivity index (χ1v) is 9.10. The van der Waals surface area contributed by atoms with E-state index in [0.717, 1.165) is 5.56 Å². The molecule has 148 valence electrons. The van der Waals surface area contributed by atoms with Gasteiger partial charge in [-0.2, -0.15) is 0 Å². The van der Waals surface area contributed by atoms with Crippen molar-refractivity contribution < 1.29 is 28.5 Å². The monoisotopic (exact) mass is 405 g/mol. The van der Waals surface area contributed by atoms with Gasteiger partial charge in [-0.1, -0.05) is 23.7 Å². The van der Waals surface area contributed by atoms with Crippen LogP contribution in [0.1, 0.15) is 15.9 Å². The van der Waals surface area contributed by atoms with Gasteiger partial charge in [0.1, 0.15) is 13.2 Å². The molecule has 0 aliphatic carbocycles. The molecular weight excluding hydrogens is 386 g/mol. The first-order valence-electron chi connectivity index (χ1n) is 8.72. The van der Waals surface area contributed by atoms with E-state index in [0.29, 0.717) is 48.5 Å². The van der Waals surface area contributed by atoms with Gasteiger partial charge in [0.25, 0.3) is 5.91 Å². The van der Waals surface area contributed by atoms with Crippen molar-refractivity contribution in [3.05, 3.63) is 52.5 Å². The summed E-state index contributed by atoms with van der Waals surface area (Å²) in [6.45, 7) is 0.833. The van der Waals surface area contributed by atoms with Crippen LogP contribution in [-0.2, 0) is 16.0 Å².